The SMILES string of the molecule is C/C=C(/C)C(=O)O[C@H]1[C@H](OC(=O)C=C(C)C)[C@]2(CO)[C@H](O)[C@H](O)[C@]3(C)C(=CC[C@@H]4[C@@]5(C)CC[C@H](O[C@@H]6O[C@H](C(=O)O)[C@@H](O[C@@H]7O[C@@H](CO)[C@H](O)[C@H]7O)[C@H](O[C@H]7OC[C@@H](O)[C@@H](O)[C@@H]7O)[C@H]6O[C@@H]6O[C@H](CO)[C@@H](O)[C@H](O)[C@H]6O)C(C)(C)[C@@H]5CC[C@]43C)[C@@H]2CC1(C)C. The fourth-order valence-corrected chi connectivity index (χ4v) is 17.5. The van der Waals surface area contributed by atoms with E-state index in [1.165, 1.54) is 6.08 Å². The number of aliphatic hydroxyl groups excluding tert-OH is 13. The number of ether oxygens (including phenoxy) is 10. The predicted octanol–water partition coefficient (Wildman–Crippen LogP) is -1.27. The summed E-state index contributed by atoms with van der Waals surface area (Å²) in [5.74, 6) is -4.31. The molecule has 0 unspecified atom stereocenters. The molecule has 0 amide bonds. The maximum absolute atomic E-state index is 13.8. The second-order valence-corrected chi connectivity index (χ2v) is 28.7. The zero-order valence-corrected chi connectivity index (χ0v) is 52.4. The minimum Gasteiger partial charge on any atom is -0.479 e. The van der Waals surface area contributed by atoms with Gasteiger partial charge in [0.15, 0.2) is 37.4 Å². The van der Waals surface area contributed by atoms with Crippen molar-refractivity contribution in [3.63, 3.8) is 0 Å². The van der Waals surface area contributed by atoms with Crippen molar-refractivity contribution in [1.29, 1.82) is 0 Å². The molecular weight excluding hydrogens is 1180 g/mol. The van der Waals surface area contributed by atoms with E-state index in [2.05, 4.69) is 19.9 Å². The fraction of sp³-hybridized carbons (Fsp3) is 0.855. The minimum absolute atomic E-state index is 0.209. The summed E-state index contributed by atoms with van der Waals surface area (Å²) in [5.41, 5.74) is -4.41. The maximum Gasteiger partial charge on any atom is 0.335 e. The molecule has 27 nitrogen and oxygen atoms in total. The molecule has 4 saturated carbocycles. The summed E-state index contributed by atoms with van der Waals surface area (Å²) in [6.45, 7) is 17.6. The molecule has 30 atom stereocenters. The number of carbonyl (C=O) groups is 3. The van der Waals surface area contributed by atoms with Crippen molar-refractivity contribution >= 4 is 17.9 Å². The lowest BCUT2D eigenvalue weighted by Crippen LogP contribution is -2.76. The van der Waals surface area contributed by atoms with Gasteiger partial charge in [0.05, 0.1) is 50.2 Å². The van der Waals surface area contributed by atoms with Crippen LogP contribution in [0.3, 0.4) is 0 Å². The summed E-state index contributed by atoms with van der Waals surface area (Å²) in [6.07, 6.45) is -33.5. The lowest BCUT2D eigenvalue weighted by atomic mass is 9.32. The van der Waals surface area contributed by atoms with Crippen LogP contribution in [0, 0.1) is 50.2 Å². The summed E-state index contributed by atoms with van der Waals surface area (Å²) in [6, 6.07) is 0. The van der Waals surface area contributed by atoms with Crippen LogP contribution in [0.4, 0.5) is 0 Å². The third-order valence-corrected chi connectivity index (χ3v) is 22.7. The van der Waals surface area contributed by atoms with E-state index in [0.29, 0.717) is 36.8 Å². The Kier molecular flexibility index (Phi) is 20.4. The van der Waals surface area contributed by atoms with Crippen LogP contribution < -0.4 is 0 Å². The second kappa shape index (κ2) is 25.8. The van der Waals surface area contributed by atoms with Crippen molar-refractivity contribution in [1.82, 2.24) is 0 Å². The van der Waals surface area contributed by atoms with E-state index in [1.807, 2.05) is 34.6 Å². The van der Waals surface area contributed by atoms with Gasteiger partial charge in [-0.15, -0.1) is 0 Å². The maximum atomic E-state index is 13.8. The Hall–Kier alpha value is -3.21. The largest absolute Gasteiger partial charge is 0.479 e. The Labute approximate surface area is 517 Å². The normalized spacial score (nSPS) is 49.4. The molecule has 4 saturated heterocycles. The first kappa shape index (κ1) is 70.1. The van der Waals surface area contributed by atoms with Crippen LogP contribution in [0.5, 0.6) is 0 Å². The van der Waals surface area contributed by atoms with Crippen molar-refractivity contribution in [2.75, 3.05) is 26.4 Å². The van der Waals surface area contributed by atoms with E-state index in [9.17, 15) is 85.9 Å². The third kappa shape index (κ3) is 11.6. The first-order chi connectivity index (χ1) is 41.6. The van der Waals surface area contributed by atoms with Gasteiger partial charge in [0.1, 0.15) is 85.5 Å². The van der Waals surface area contributed by atoms with Crippen molar-refractivity contribution < 1.29 is 133 Å². The smallest absolute Gasteiger partial charge is 0.335 e. The van der Waals surface area contributed by atoms with Gasteiger partial charge in [-0.1, -0.05) is 71.8 Å². The molecule has 0 aromatic carbocycles. The molecule has 9 aliphatic rings. The Morgan fingerprint density at radius 3 is 1.81 bits per heavy atom. The number of hydrogen-bond donors (Lipinski definition) is 14. The Morgan fingerprint density at radius 1 is 0.640 bits per heavy atom. The second-order valence-electron chi connectivity index (χ2n) is 28.7. The first-order valence-corrected chi connectivity index (χ1v) is 31.0. The van der Waals surface area contributed by atoms with Crippen LogP contribution in [0.1, 0.15) is 115 Å². The zero-order valence-electron chi connectivity index (χ0n) is 52.4. The van der Waals surface area contributed by atoms with Gasteiger partial charge in [0.25, 0.3) is 0 Å². The number of aliphatic carboxylic acids is 1. The average molecular weight is 1270 g/mol. The van der Waals surface area contributed by atoms with Gasteiger partial charge in [-0.2, -0.15) is 0 Å². The monoisotopic (exact) mass is 1270 g/mol. The summed E-state index contributed by atoms with van der Waals surface area (Å²) < 4.78 is 61.8. The number of carboxylic acids is 1. The molecule has 5 aliphatic carbocycles. The van der Waals surface area contributed by atoms with Gasteiger partial charge >= 0.3 is 17.9 Å². The van der Waals surface area contributed by atoms with Gasteiger partial charge in [-0.05, 0) is 100 Å². The van der Waals surface area contributed by atoms with E-state index in [0.717, 1.165) is 5.57 Å². The highest BCUT2D eigenvalue weighted by Gasteiger charge is 2.76. The summed E-state index contributed by atoms with van der Waals surface area (Å²) in [4.78, 5) is 41.1. The molecule has 89 heavy (non-hydrogen) atoms. The van der Waals surface area contributed by atoms with Gasteiger partial charge in [-0.3, -0.25) is 0 Å². The van der Waals surface area contributed by atoms with Crippen molar-refractivity contribution in [3.05, 3.63) is 34.9 Å². The lowest BCUT2D eigenvalue weighted by molar-refractivity contribution is -0.401. The fourth-order valence-electron chi connectivity index (χ4n) is 17.5. The van der Waals surface area contributed by atoms with Crippen molar-refractivity contribution in [3.8, 4) is 0 Å². The lowest BCUT2D eigenvalue weighted by Gasteiger charge is -2.73. The van der Waals surface area contributed by atoms with E-state index >= 15 is 0 Å². The number of hydrogen-bond acceptors (Lipinski definition) is 26. The molecule has 4 aliphatic heterocycles. The van der Waals surface area contributed by atoms with E-state index < -0.39 is 224 Å². The molecular formula is C62H96O27. The highest BCUT2D eigenvalue weighted by atomic mass is 16.8. The number of allylic oxidation sites excluding steroid dienone is 3. The van der Waals surface area contributed by atoms with Gasteiger partial charge < -0.3 is 119 Å². The molecule has 506 valence electrons. The molecule has 0 aromatic heterocycles. The quantitative estimate of drug-likeness (QED) is 0.0371. The first-order valence-electron chi connectivity index (χ1n) is 31.0. The number of aliphatic hydroxyl groups is 13. The Balaban J connectivity index is 1.08. The number of esters is 2. The van der Waals surface area contributed by atoms with Crippen LogP contribution >= 0.6 is 0 Å². The van der Waals surface area contributed by atoms with Crippen molar-refractivity contribution in [2.24, 2.45) is 50.2 Å². The van der Waals surface area contributed by atoms with Gasteiger partial charge in [0, 0.05) is 22.5 Å². The van der Waals surface area contributed by atoms with Crippen LogP contribution in [0.15, 0.2) is 34.9 Å². The van der Waals surface area contributed by atoms with Crippen molar-refractivity contribution in [2.45, 2.75) is 256 Å². The predicted molar refractivity (Wildman–Crippen MR) is 303 cm³/mol. The van der Waals surface area contributed by atoms with Crippen LogP contribution in [-0.2, 0) is 61.8 Å². The van der Waals surface area contributed by atoms with Gasteiger partial charge in [0.2, 0.25) is 0 Å². The Morgan fingerprint density at radius 2 is 1.22 bits per heavy atom. The summed E-state index contributed by atoms with van der Waals surface area (Å²) in [5, 5.41) is 157. The average Bonchev–Trinajstić information content (AvgIpc) is 0.903. The molecule has 9 rings (SSSR count). The Bertz CT molecular complexity index is 2660. The van der Waals surface area contributed by atoms with Crippen LogP contribution in [0.25, 0.3) is 0 Å². The molecule has 4 heterocycles. The minimum atomic E-state index is -2.19. The van der Waals surface area contributed by atoms with E-state index in [-0.39, 0.29) is 24.7 Å². The standard InChI is InChI=1S/C62H96O27/c1-12-26(4)52(79)89-49-50(84-35(67)19-25(2)3)62(24-65)28(20-57(49,5)6)27-13-14-33-59(9)17-16-34(58(7,8)32(59)15-18-60(33,10)61(27,11)47(75)48(62)76)83-56-46(88-55-42(74)39(71)37(69)30(21-63)81-55)44(85-53-40(72)36(68)29(66)23-80-53)43(45(87-56)51(77)78)86-54-41(73)38(70)31(22-64)82-54/h12-13,19,28-34,36-50,53-56,63-66,68-76H,14-18,20-24H2,1-11H3,(H,77,78)/b26-12-/t28-,29+,30+,31-,32-,33+,34-,36+,37+,38-,39-,40-,41+,42+,43-,44-,45-,46+,47-,48+,49-,50-,53+,54-,55-,56+,59-,60+,61-,62-/m0/s1. The molecule has 0 spiro atoms. The van der Waals surface area contributed by atoms with Crippen LogP contribution in [-0.4, -0.2) is 257 Å². The van der Waals surface area contributed by atoms with E-state index in [4.69, 9.17) is 47.4 Å². The molecule has 8 fully saturated rings. The summed E-state index contributed by atoms with van der Waals surface area (Å²) in [7, 11) is 0. The topological polar surface area (TPSA) is 427 Å². The van der Waals surface area contributed by atoms with E-state index in [1.54, 1.807) is 33.8 Å². The molecule has 0 radical (unpaired) electrons. The highest BCUT2D eigenvalue weighted by Crippen LogP contribution is 2.76. The highest BCUT2D eigenvalue weighted by molar-refractivity contribution is 5.88. The number of carbonyl (C=O) groups excluding carboxylic acids is 2. The van der Waals surface area contributed by atoms with Gasteiger partial charge in [-0.25, -0.2) is 14.4 Å². The molecule has 27 heteroatoms. The zero-order chi connectivity index (χ0) is 65.7. The van der Waals surface area contributed by atoms with Crippen LogP contribution in [0.2, 0.25) is 0 Å². The number of carboxylic acid groups (broad SMARTS) is 1. The molecule has 14 N–H and O–H groups in total. The third-order valence-electron chi connectivity index (χ3n) is 22.7. The number of rotatable bonds is 16. The number of fused-ring (bicyclic) bond motifs is 7. The molecule has 0 aromatic rings. The summed E-state index contributed by atoms with van der Waals surface area (Å²) >= 11 is 0. The molecule has 0 bridgehead atoms.